The molecule has 1 saturated heterocycles. The second kappa shape index (κ2) is 7.26. The second-order valence-corrected chi connectivity index (χ2v) is 5.34. The predicted molar refractivity (Wildman–Crippen MR) is 78.9 cm³/mol. The number of hydrogen-bond donors (Lipinski definition) is 2. The summed E-state index contributed by atoms with van der Waals surface area (Å²) in [6.45, 7) is 2.66. The Balaban J connectivity index is 1.88. The third kappa shape index (κ3) is 4.83. The third-order valence-corrected chi connectivity index (χ3v) is 3.56. The van der Waals surface area contributed by atoms with Gasteiger partial charge in [-0.2, -0.15) is 0 Å². The molecule has 1 heterocycles. The van der Waals surface area contributed by atoms with Gasteiger partial charge in [0.15, 0.2) is 0 Å². The lowest BCUT2D eigenvalue weighted by Crippen LogP contribution is -2.35. The van der Waals surface area contributed by atoms with E-state index < -0.39 is 0 Å². The van der Waals surface area contributed by atoms with Crippen molar-refractivity contribution in [3.05, 3.63) is 29.8 Å². The molecule has 1 fully saturated rings. The van der Waals surface area contributed by atoms with Crippen LogP contribution < -0.4 is 11.5 Å². The quantitative estimate of drug-likeness (QED) is 0.732. The van der Waals surface area contributed by atoms with Crippen LogP contribution in [0.25, 0.3) is 0 Å². The molecule has 0 bridgehead atoms. The number of rotatable bonds is 7. The number of anilines is 1. The number of nitrogens with zero attached hydrogens (tertiary/aromatic N) is 1. The van der Waals surface area contributed by atoms with Crippen molar-refractivity contribution < 1.29 is 9.53 Å². The van der Waals surface area contributed by atoms with E-state index in [0.29, 0.717) is 12.6 Å². The first kappa shape index (κ1) is 14.8. The van der Waals surface area contributed by atoms with Crippen molar-refractivity contribution in [1.82, 2.24) is 4.90 Å². The highest BCUT2D eigenvalue weighted by Crippen LogP contribution is 2.16. The Labute approximate surface area is 119 Å². The molecule has 0 aliphatic carbocycles. The first-order chi connectivity index (χ1) is 9.63. The van der Waals surface area contributed by atoms with Crippen LogP contribution in [0.5, 0.6) is 0 Å². The molecular formula is C15H23N3O2. The van der Waals surface area contributed by atoms with E-state index >= 15 is 0 Å². The van der Waals surface area contributed by atoms with Gasteiger partial charge in [0.2, 0.25) is 5.91 Å². The van der Waals surface area contributed by atoms with E-state index in [1.165, 1.54) is 0 Å². The number of benzene rings is 1. The van der Waals surface area contributed by atoms with Crippen molar-refractivity contribution in [2.75, 3.05) is 25.4 Å². The second-order valence-electron chi connectivity index (χ2n) is 5.34. The van der Waals surface area contributed by atoms with Gasteiger partial charge < -0.3 is 16.2 Å². The minimum atomic E-state index is -0.298. The fourth-order valence-corrected chi connectivity index (χ4v) is 2.51. The summed E-state index contributed by atoms with van der Waals surface area (Å²) >= 11 is 0. The Morgan fingerprint density at radius 3 is 2.70 bits per heavy atom. The number of nitrogens with two attached hydrogens (primary N) is 2. The Morgan fingerprint density at radius 1 is 1.35 bits per heavy atom. The fraction of sp³-hybridized carbons (Fsp3) is 0.533. The van der Waals surface area contributed by atoms with E-state index in [9.17, 15) is 4.79 Å². The highest BCUT2D eigenvalue weighted by Gasteiger charge is 2.17. The molecular weight excluding hydrogens is 254 g/mol. The summed E-state index contributed by atoms with van der Waals surface area (Å²) in [5, 5.41) is 0. The maximum Gasteiger partial charge on any atom is 0.231 e. The molecule has 4 N–H and O–H groups in total. The van der Waals surface area contributed by atoms with Gasteiger partial charge in [-0.1, -0.05) is 12.1 Å². The summed E-state index contributed by atoms with van der Waals surface area (Å²) in [5.74, 6) is -0.298. The van der Waals surface area contributed by atoms with E-state index in [1.54, 1.807) is 0 Å². The smallest absolute Gasteiger partial charge is 0.231 e. The Bertz CT molecular complexity index is 427. The van der Waals surface area contributed by atoms with Gasteiger partial charge in [-0.25, -0.2) is 0 Å². The van der Waals surface area contributed by atoms with Crippen molar-refractivity contribution in [3.8, 4) is 0 Å². The van der Waals surface area contributed by atoms with Crippen LogP contribution in [0.15, 0.2) is 24.3 Å². The number of ether oxygens (including phenoxy) is 1. The van der Waals surface area contributed by atoms with Gasteiger partial charge in [-0.3, -0.25) is 9.69 Å². The van der Waals surface area contributed by atoms with Gasteiger partial charge in [0.05, 0.1) is 12.6 Å². The molecule has 5 heteroatoms. The van der Waals surface area contributed by atoms with Crippen LogP contribution >= 0.6 is 0 Å². The van der Waals surface area contributed by atoms with Gasteiger partial charge in [0.1, 0.15) is 0 Å². The van der Waals surface area contributed by atoms with Crippen LogP contribution in [0, 0.1) is 0 Å². The minimum absolute atomic E-state index is 0.275. The lowest BCUT2D eigenvalue weighted by molar-refractivity contribution is -0.119. The molecule has 0 spiro atoms. The topological polar surface area (TPSA) is 81.6 Å². The summed E-state index contributed by atoms with van der Waals surface area (Å²) in [6.07, 6.45) is 3.53. The highest BCUT2D eigenvalue weighted by atomic mass is 16.5. The van der Waals surface area contributed by atoms with Crippen molar-refractivity contribution in [2.45, 2.75) is 31.9 Å². The van der Waals surface area contributed by atoms with Crippen molar-refractivity contribution in [1.29, 1.82) is 0 Å². The fourth-order valence-electron chi connectivity index (χ4n) is 2.51. The molecule has 1 aromatic rings. The number of carbonyl (C=O) groups excluding carboxylic acids is 1. The van der Waals surface area contributed by atoms with Crippen LogP contribution in [0.1, 0.15) is 24.8 Å². The Kier molecular flexibility index (Phi) is 5.38. The molecule has 1 aliphatic heterocycles. The van der Waals surface area contributed by atoms with E-state index in [0.717, 1.165) is 43.7 Å². The normalized spacial score (nSPS) is 18.6. The summed E-state index contributed by atoms with van der Waals surface area (Å²) in [4.78, 5) is 13.2. The number of amides is 1. The lowest BCUT2D eigenvalue weighted by Gasteiger charge is -2.22. The molecule has 5 nitrogen and oxygen atoms in total. The number of primary amides is 1. The third-order valence-electron chi connectivity index (χ3n) is 3.56. The molecule has 1 aromatic carbocycles. The van der Waals surface area contributed by atoms with Crippen LogP contribution in [0.4, 0.5) is 5.69 Å². The zero-order valence-corrected chi connectivity index (χ0v) is 11.8. The van der Waals surface area contributed by atoms with E-state index in [1.807, 2.05) is 24.3 Å². The summed E-state index contributed by atoms with van der Waals surface area (Å²) in [6, 6.07) is 7.71. The van der Waals surface area contributed by atoms with Crippen LogP contribution in [-0.2, 0) is 16.1 Å². The molecule has 2 rings (SSSR count). The molecule has 1 atom stereocenters. The first-order valence-electron chi connectivity index (χ1n) is 7.10. The molecule has 20 heavy (non-hydrogen) atoms. The zero-order valence-electron chi connectivity index (χ0n) is 11.8. The Morgan fingerprint density at radius 2 is 2.10 bits per heavy atom. The summed E-state index contributed by atoms with van der Waals surface area (Å²) in [5.41, 5.74) is 12.9. The molecule has 0 saturated carbocycles. The first-order valence-corrected chi connectivity index (χ1v) is 7.10. The van der Waals surface area contributed by atoms with Gasteiger partial charge >= 0.3 is 0 Å². The van der Waals surface area contributed by atoms with Gasteiger partial charge in [-0.15, -0.1) is 0 Å². The summed E-state index contributed by atoms with van der Waals surface area (Å²) in [7, 11) is 0. The lowest BCUT2D eigenvalue weighted by atomic mass is 10.1. The van der Waals surface area contributed by atoms with Gasteiger partial charge in [0, 0.05) is 25.4 Å². The van der Waals surface area contributed by atoms with Gasteiger partial charge in [-0.05, 0) is 37.0 Å². The molecule has 0 radical (unpaired) electrons. The predicted octanol–water partition coefficient (Wildman–Crippen LogP) is 1.13. The van der Waals surface area contributed by atoms with E-state index in [-0.39, 0.29) is 12.5 Å². The van der Waals surface area contributed by atoms with Gasteiger partial charge in [0.25, 0.3) is 0 Å². The van der Waals surface area contributed by atoms with E-state index in [4.69, 9.17) is 16.2 Å². The number of carbonyl (C=O) groups is 1. The Hall–Kier alpha value is -1.59. The SMILES string of the molecule is NC(=O)CN(CCC1CCCO1)Cc1ccc(N)cc1. The largest absolute Gasteiger partial charge is 0.399 e. The zero-order chi connectivity index (χ0) is 14.4. The van der Waals surface area contributed by atoms with Crippen LogP contribution in [0.2, 0.25) is 0 Å². The minimum Gasteiger partial charge on any atom is -0.399 e. The maximum absolute atomic E-state index is 11.2. The molecule has 1 unspecified atom stereocenters. The van der Waals surface area contributed by atoms with Crippen LogP contribution in [-0.4, -0.2) is 36.6 Å². The maximum atomic E-state index is 11.2. The molecule has 0 aromatic heterocycles. The highest BCUT2D eigenvalue weighted by molar-refractivity contribution is 5.75. The van der Waals surface area contributed by atoms with Crippen molar-refractivity contribution in [3.63, 3.8) is 0 Å². The number of nitrogen functional groups attached to an aromatic ring is 1. The van der Waals surface area contributed by atoms with E-state index in [2.05, 4.69) is 4.90 Å². The standard InChI is InChI=1S/C15H23N3O2/c16-13-5-3-12(4-6-13)10-18(11-15(17)19)8-7-14-2-1-9-20-14/h3-6,14H,1-2,7-11,16H2,(H2,17,19). The average Bonchev–Trinajstić information content (AvgIpc) is 2.91. The number of hydrogen-bond acceptors (Lipinski definition) is 4. The van der Waals surface area contributed by atoms with Crippen LogP contribution in [0.3, 0.4) is 0 Å². The average molecular weight is 277 g/mol. The molecule has 1 amide bonds. The monoisotopic (exact) mass is 277 g/mol. The van der Waals surface area contributed by atoms with Crippen molar-refractivity contribution >= 4 is 11.6 Å². The summed E-state index contributed by atoms with van der Waals surface area (Å²) < 4.78 is 5.61. The van der Waals surface area contributed by atoms with Crippen molar-refractivity contribution in [2.24, 2.45) is 5.73 Å². The molecule has 110 valence electrons. The molecule has 1 aliphatic rings.